The minimum Gasteiger partial charge on any atom is -0.481 e. The van der Waals surface area contributed by atoms with Gasteiger partial charge in [0.1, 0.15) is 12.2 Å². The predicted molar refractivity (Wildman–Crippen MR) is 49.0 cm³/mol. The number of rotatable bonds is 2. The molecule has 0 amide bonds. The van der Waals surface area contributed by atoms with E-state index in [1.807, 2.05) is 0 Å². The quantitative estimate of drug-likeness (QED) is 0.755. The molecular formula is C8H9NO5S. The van der Waals surface area contributed by atoms with Gasteiger partial charge >= 0.3 is 5.97 Å². The van der Waals surface area contributed by atoms with Crippen molar-refractivity contribution in [2.45, 2.75) is 18.6 Å². The van der Waals surface area contributed by atoms with E-state index in [0.717, 1.165) is 0 Å². The van der Waals surface area contributed by atoms with E-state index in [1.54, 1.807) is 0 Å². The Balaban J connectivity index is 2.29. The van der Waals surface area contributed by atoms with E-state index in [2.05, 4.69) is 4.98 Å². The third kappa shape index (κ3) is 2.17. The van der Waals surface area contributed by atoms with Gasteiger partial charge < -0.3 is 9.52 Å². The number of hydrogen-bond donors (Lipinski definition) is 1. The Labute approximate surface area is 85.8 Å². The van der Waals surface area contributed by atoms with Crippen LogP contribution in [0.4, 0.5) is 0 Å². The van der Waals surface area contributed by atoms with Gasteiger partial charge in [0.05, 0.1) is 17.2 Å². The third-order valence-electron chi connectivity index (χ3n) is 2.12. The van der Waals surface area contributed by atoms with Crippen LogP contribution in [0.1, 0.15) is 17.3 Å². The second kappa shape index (κ2) is 3.34. The summed E-state index contributed by atoms with van der Waals surface area (Å²) in [7, 11) is -3.08. The summed E-state index contributed by atoms with van der Waals surface area (Å²) in [6, 6.07) is 0. The average Bonchev–Trinajstić information content (AvgIpc) is 2.42. The standard InChI is InChI=1S/C8H9NO5S/c10-8(11)3-7-9-5-4-15(12,13)2-1-6(5)14-7/h1-4H2,(H,10,11). The molecule has 1 aliphatic heterocycles. The molecule has 0 saturated carbocycles. The molecule has 1 N–H and O–H groups in total. The molecule has 1 aromatic rings. The lowest BCUT2D eigenvalue weighted by atomic mass is 10.3. The zero-order valence-electron chi connectivity index (χ0n) is 7.76. The van der Waals surface area contributed by atoms with Crippen LogP contribution in [0, 0.1) is 0 Å². The largest absolute Gasteiger partial charge is 0.481 e. The lowest BCUT2D eigenvalue weighted by molar-refractivity contribution is -0.136. The van der Waals surface area contributed by atoms with Crippen LogP contribution in [-0.4, -0.2) is 30.2 Å². The Morgan fingerprint density at radius 3 is 2.93 bits per heavy atom. The summed E-state index contributed by atoms with van der Waals surface area (Å²) in [5.41, 5.74) is 0.359. The molecule has 0 aromatic carbocycles. The summed E-state index contributed by atoms with van der Waals surface area (Å²) >= 11 is 0. The van der Waals surface area contributed by atoms with Gasteiger partial charge in [0.15, 0.2) is 9.84 Å². The number of carboxylic acids is 1. The summed E-state index contributed by atoms with van der Waals surface area (Å²) < 4.78 is 27.6. The van der Waals surface area contributed by atoms with Crippen LogP contribution in [0.25, 0.3) is 0 Å². The Morgan fingerprint density at radius 2 is 2.27 bits per heavy atom. The van der Waals surface area contributed by atoms with Gasteiger partial charge in [0.2, 0.25) is 5.89 Å². The van der Waals surface area contributed by atoms with Crippen LogP contribution < -0.4 is 0 Å². The van der Waals surface area contributed by atoms with Crippen molar-refractivity contribution in [3.05, 3.63) is 17.3 Å². The van der Waals surface area contributed by atoms with Crippen LogP contribution in [0.5, 0.6) is 0 Å². The maximum absolute atomic E-state index is 11.2. The first kappa shape index (κ1) is 10.2. The minimum absolute atomic E-state index is 0.0434. The number of carbonyl (C=O) groups is 1. The number of aryl methyl sites for hydroxylation is 1. The molecule has 82 valence electrons. The second-order valence-corrected chi connectivity index (χ2v) is 5.57. The molecule has 2 heterocycles. The van der Waals surface area contributed by atoms with Gasteiger partial charge in [0, 0.05) is 6.42 Å². The molecule has 0 spiro atoms. The molecular weight excluding hydrogens is 222 g/mol. The van der Waals surface area contributed by atoms with Crippen molar-refractivity contribution in [2.24, 2.45) is 0 Å². The van der Waals surface area contributed by atoms with Crippen molar-refractivity contribution in [1.82, 2.24) is 4.98 Å². The fourth-order valence-corrected chi connectivity index (χ4v) is 2.76. The first-order valence-corrected chi connectivity index (χ1v) is 6.18. The third-order valence-corrected chi connectivity index (χ3v) is 3.66. The number of carboxylic acid groups (broad SMARTS) is 1. The summed E-state index contributed by atoms with van der Waals surface area (Å²) in [4.78, 5) is 14.3. The first-order chi connectivity index (χ1) is 6.96. The van der Waals surface area contributed by atoms with Crippen LogP contribution in [0.3, 0.4) is 0 Å². The van der Waals surface area contributed by atoms with Crippen molar-refractivity contribution in [2.75, 3.05) is 5.75 Å². The predicted octanol–water partition coefficient (Wildman–Crippen LogP) is -0.227. The molecule has 0 radical (unpaired) electrons. The topological polar surface area (TPSA) is 97.5 Å². The molecule has 1 aromatic heterocycles. The van der Waals surface area contributed by atoms with E-state index >= 15 is 0 Å². The highest BCUT2D eigenvalue weighted by Crippen LogP contribution is 2.21. The van der Waals surface area contributed by atoms with Gasteiger partial charge in [-0.15, -0.1) is 0 Å². The second-order valence-electron chi connectivity index (χ2n) is 3.39. The van der Waals surface area contributed by atoms with E-state index in [0.29, 0.717) is 11.5 Å². The van der Waals surface area contributed by atoms with Crippen molar-refractivity contribution in [3.8, 4) is 0 Å². The maximum Gasteiger partial charge on any atom is 0.312 e. The SMILES string of the molecule is O=C(O)Cc1nc2c(o1)CCS(=O)(=O)C2. The van der Waals surface area contributed by atoms with E-state index in [4.69, 9.17) is 9.52 Å². The van der Waals surface area contributed by atoms with Gasteiger partial charge in [-0.05, 0) is 0 Å². The molecule has 0 aliphatic carbocycles. The van der Waals surface area contributed by atoms with Gasteiger partial charge in [-0.1, -0.05) is 0 Å². The van der Waals surface area contributed by atoms with Crippen LogP contribution >= 0.6 is 0 Å². The summed E-state index contributed by atoms with van der Waals surface area (Å²) in [6.07, 6.45) is -0.0304. The van der Waals surface area contributed by atoms with Crippen LogP contribution in [0.15, 0.2) is 4.42 Å². The number of oxazole rings is 1. The molecule has 0 atom stereocenters. The zero-order chi connectivity index (χ0) is 11.1. The average molecular weight is 231 g/mol. The Hall–Kier alpha value is -1.37. The van der Waals surface area contributed by atoms with E-state index in [-0.39, 0.29) is 30.2 Å². The highest BCUT2D eigenvalue weighted by molar-refractivity contribution is 7.90. The van der Waals surface area contributed by atoms with Crippen molar-refractivity contribution >= 4 is 15.8 Å². The first-order valence-electron chi connectivity index (χ1n) is 4.36. The highest BCUT2D eigenvalue weighted by Gasteiger charge is 2.26. The lowest BCUT2D eigenvalue weighted by Crippen LogP contribution is -2.18. The fourth-order valence-electron chi connectivity index (χ4n) is 1.48. The zero-order valence-corrected chi connectivity index (χ0v) is 8.58. The van der Waals surface area contributed by atoms with Crippen molar-refractivity contribution in [1.29, 1.82) is 0 Å². The van der Waals surface area contributed by atoms with Gasteiger partial charge in [-0.25, -0.2) is 13.4 Å². The number of fused-ring (bicyclic) bond motifs is 1. The highest BCUT2D eigenvalue weighted by atomic mass is 32.2. The molecule has 2 rings (SSSR count). The molecule has 6 nitrogen and oxygen atoms in total. The Kier molecular flexibility index (Phi) is 2.26. The normalized spacial score (nSPS) is 18.4. The van der Waals surface area contributed by atoms with E-state index in [9.17, 15) is 13.2 Å². The van der Waals surface area contributed by atoms with Crippen LogP contribution in [-0.2, 0) is 33.2 Å². The maximum atomic E-state index is 11.2. The number of sulfone groups is 1. The molecule has 0 unspecified atom stereocenters. The van der Waals surface area contributed by atoms with Gasteiger partial charge in [-0.2, -0.15) is 0 Å². The van der Waals surface area contributed by atoms with Crippen LogP contribution in [0.2, 0.25) is 0 Å². The number of aromatic nitrogens is 1. The Morgan fingerprint density at radius 1 is 1.53 bits per heavy atom. The summed E-state index contributed by atoms with van der Waals surface area (Å²) in [6.45, 7) is 0. The smallest absolute Gasteiger partial charge is 0.312 e. The van der Waals surface area contributed by atoms with Gasteiger partial charge in [-0.3, -0.25) is 4.79 Å². The monoisotopic (exact) mass is 231 g/mol. The molecule has 15 heavy (non-hydrogen) atoms. The van der Waals surface area contributed by atoms with Crippen molar-refractivity contribution < 1.29 is 22.7 Å². The number of nitrogens with zero attached hydrogens (tertiary/aromatic N) is 1. The number of aliphatic carboxylic acids is 1. The minimum atomic E-state index is -3.08. The summed E-state index contributed by atoms with van der Waals surface area (Å²) in [5, 5.41) is 8.51. The molecule has 0 saturated heterocycles. The lowest BCUT2D eigenvalue weighted by Gasteiger charge is -2.07. The Bertz CT molecular complexity index is 501. The summed E-state index contributed by atoms with van der Waals surface area (Å²) in [5.74, 6) is -0.574. The van der Waals surface area contributed by atoms with E-state index in [1.165, 1.54) is 0 Å². The van der Waals surface area contributed by atoms with Gasteiger partial charge in [0.25, 0.3) is 0 Å². The molecule has 7 heteroatoms. The molecule has 0 bridgehead atoms. The van der Waals surface area contributed by atoms with Crippen molar-refractivity contribution in [3.63, 3.8) is 0 Å². The fraction of sp³-hybridized carbons (Fsp3) is 0.500. The van der Waals surface area contributed by atoms with E-state index < -0.39 is 15.8 Å². The molecule has 0 fully saturated rings. The number of hydrogen-bond acceptors (Lipinski definition) is 5. The molecule has 1 aliphatic rings.